The van der Waals surface area contributed by atoms with E-state index < -0.39 is 5.97 Å². The molecule has 4 nitrogen and oxygen atoms in total. The van der Waals surface area contributed by atoms with Crippen LogP contribution >= 0.6 is 0 Å². The molecule has 0 heterocycles. The Hall–Kier alpha value is -3.40. The van der Waals surface area contributed by atoms with Gasteiger partial charge >= 0.3 is 5.97 Å². The second-order valence-corrected chi connectivity index (χ2v) is 5.43. The lowest BCUT2D eigenvalue weighted by Crippen LogP contribution is -2.20. The van der Waals surface area contributed by atoms with Crippen LogP contribution in [0.1, 0.15) is 5.56 Å². The maximum atomic E-state index is 12.0. The van der Waals surface area contributed by atoms with Crippen LogP contribution in [-0.2, 0) is 14.3 Å². The number of benzene rings is 3. The van der Waals surface area contributed by atoms with Crippen LogP contribution in [0.2, 0.25) is 0 Å². The summed E-state index contributed by atoms with van der Waals surface area (Å²) in [7, 11) is 0. The van der Waals surface area contributed by atoms with E-state index in [1.165, 1.54) is 6.08 Å². The number of hydrogen-bond acceptors (Lipinski definition) is 3. The van der Waals surface area contributed by atoms with Gasteiger partial charge in [0.05, 0.1) is 0 Å². The smallest absolute Gasteiger partial charge is 0.331 e. The van der Waals surface area contributed by atoms with Crippen molar-refractivity contribution in [3.05, 3.63) is 84.4 Å². The van der Waals surface area contributed by atoms with Gasteiger partial charge in [-0.2, -0.15) is 0 Å². The molecule has 0 aliphatic carbocycles. The van der Waals surface area contributed by atoms with Crippen molar-refractivity contribution in [3.63, 3.8) is 0 Å². The number of ether oxygens (including phenoxy) is 1. The summed E-state index contributed by atoms with van der Waals surface area (Å²) in [5, 5.41) is 4.74. The molecular formula is C21H17NO3. The van der Waals surface area contributed by atoms with Crippen LogP contribution in [0.5, 0.6) is 0 Å². The number of hydrogen-bond donors (Lipinski definition) is 1. The third kappa shape index (κ3) is 4.54. The fourth-order valence-electron chi connectivity index (χ4n) is 2.43. The van der Waals surface area contributed by atoms with E-state index in [4.69, 9.17) is 4.74 Å². The van der Waals surface area contributed by atoms with Gasteiger partial charge < -0.3 is 10.1 Å². The first-order chi connectivity index (χ1) is 12.2. The van der Waals surface area contributed by atoms with Crippen molar-refractivity contribution in [3.8, 4) is 0 Å². The first-order valence-corrected chi connectivity index (χ1v) is 7.90. The highest BCUT2D eigenvalue weighted by Crippen LogP contribution is 2.22. The summed E-state index contributed by atoms with van der Waals surface area (Å²) < 4.78 is 4.97. The molecule has 3 aromatic rings. The zero-order valence-corrected chi connectivity index (χ0v) is 13.5. The summed E-state index contributed by atoms with van der Waals surface area (Å²) in [4.78, 5) is 23.7. The summed E-state index contributed by atoms with van der Waals surface area (Å²) in [5.74, 6) is -0.935. The van der Waals surface area contributed by atoms with Crippen LogP contribution in [0.15, 0.2) is 78.9 Å². The van der Waals surface area contributed by atoms with Crippen molar-refractivity contribution in [2.75, 3.05) is 11.9 Å². The number of amides is 1. The molecule has 0 unspecified atom stereocenters. The Balaban J connectivity index is 1.56. The fourth-order valence-corrected chi connectivity index (χ4v) is 2.43. The van der Waals surface area contributed by atoms with Gasteiger partial charge in [-0.25, -0.2) is 4.79 Å². The largest absolute Gasteiger partial charge is 0.452 e. The van der Waals surface area contributed by atoms with E-state index in [9.17, 15) is 9.59 Å². The third-order valence-electron chi connectivity index (χ3n) is 3.62. The number of fused-ring (bicyclic) bond motifs is 1. The van der Waals surface area contributed by atoms with Gasteiger partial charge in [0.1, 0.15) is 0 Å². The number of carbonyl (C=O) groups excluding carboxylic acids is 2. The van der Waals surface area contributed by atoms with Crippen molar-refractivity contribution in [2.24, 2.45) is 0 Å². The van der Waals surface area contributed by atoms with Crippen molar-refractivity contribution in [2.45, 2.75) is 0 Å². The molecule has 4 heteroatoms. The number of anilines is 1. The number of rotatable bonds is 5. The molecule has 0 spiro atoms. The maximum Gasteiger partial charge on any atom is 0.331 e. The standard InChI is InChI=1S/C21H17NO3/c23-20(15-25-21(24)14-13-16-7-2-1-3-8-16)22-19-12-6-10-17-9-4-5-11-18(17)19/h1-14H,15H2,(H,22,23)/b14-13+. The monoisotopic (exact) mass is 331 g/mol. The molecule has 25 heavy (non-hydrogen) atoms. The van der Waals surface area contributed by atoms with Gasteiger partial charge in [0.2, 0.25) is 0 Å². The molecular weight excluding hydrogens is 314 g/mol. The highest BCUT2D eigenvalue weighted by atomic mass is 16.5. The minimum absolute atomic E-state index is 0.332. The molecule has 0 radical (unpaired) electrons. The van der Waals surface area contributed by atoms with Gasteiger partial charge in [0.25, 0.3) is 5.91 Å². The first-order valence-electron chi connectivity index (χ1n) is 7.90. The maximum absolute atomic E-state index is 12.0. The van der Waals surface area contributed by atoms with Crippen LogP contribution in [0, 0.1) is 0 Å². The number of esters is 1. The van der Waals surface area contributed by atoms with E-state index in [1.807, 2.05) is 72.8 Å². The lowest BCUT2D eigenvalue weighted by atomic mass is 10.1. The molecule has 0 aliphatic heterocycles. The van der Waals surface area contributed by atoms with Gasteiger partial charge in [-0.1, -0.05) is 66.7 Å². The SMILES string of the molecule is O=C(COC(=O)/C=C/c1ccccc1)Nc1cccc2ccccc12. The van der Waals surface area contributed by atoms with Gasteiger partial charge in [-0.05, 0) is 23.1 Å². The summed E-state index contributed by atoms with van der Waals surface area (Å²) in [5.41, 5.74) is 1.58. The summed E-state index contributed by atoms with van der Waals surface area (Å²) >= 11 is 0. The molecule has 0 aliphatic rings. The molecule has 0 saturated carbocycles. The number of nitrogens with one attached hydrogen (secondary N) is 1. The van der Waals surface area contributed by atoms with E-state index in [1.54, 1.807) is 6.08 Å². The predicted molar refractivity (Wildman–Crippen MR) is 99.0 cm³/mol. The van der Waals surface area contributed by atoms with Crippen molar-refractivity contribution >= 4 is 34.4 Å². The van der Waals surface area contributed by atoms with Crippen molar-refractivity contribution in [1.29, 1.82) is 0 Å². The molecule has 0 saturated heterocycles. The average molecular weight is 331 g/mol. The highest BCUT2D eigenvalue weighted by Gasteiger charge is 2.07. The van der Waals surface area contributed by atoms with Gasteiger partial charge in [0, 0.05) is 17.1 Å². The zero-order valence-electron chi connectivity index (χ0n) is 13.5. The Morgan fingerprint density at radius 1 is 0.880 bits per heavy atom. The second kappa shape index (κ2) is 7.93. The molecule has 0 fully saturated rings. The van der Waals surface area contributed by atoms with Crippen LogP contribution < -0.4 is 5.32 Å². The third-order valence-corrected chi connectivity index (χ3v) is 3.62. The van der Waals surface area contributed by atoms with Gasteiger partial charge in [-0.3, -0.25) is 4.79 Å². The molecule has 0 aromatic heterocycles. The molecule has 3 aromatic carbocycles. The molecule has 0 bridgehead atoms. The van der Waals surface area contributed by atoms with Crippen LogP contribution in [0.4, 0.5) is 5.69 Å². The predicted octanol–water partition coefficient (Wildman–Crippen LogP) is 4.03. The van der Waals surface area contributed by atoms with E-state index >= 15 is 0 Å². The van der Waals surface area contributed by atoms with Crippen molar-refractivity contribution in [1.82, 2.24) is 0 Å². The summed E-state index contributed by atoms with van der Waals surface area (Å²) in [6.45, 7) is -0.332. The molecule has 3 rings (SSSR count). The summed E-state index contributed by atoms with van der Waals surface area (Å²) in [6.07, 6.45) is 2.95. The normalized spacial score (nSPS) is 10.7. The Morgan fingerprint density at radius 2 is 1.60 bits per heavy atom. The zero-order chi connectivity index (χ0) is 17.5. The average Bonchev–Trinajstić information content (AvgIpc) is 2.66. The Morgan fingerprint density at radius 3 is 2.44 bits per heavy atom. The van der Waals surface area contributed by atoms with Crippen LogP contribution in [0.3, 0.4) is 0 Å². The van der Waals surface area contributed by atoms with Crippen LogP contribution in [-0.4, -0.2) is 18.5 Å². The van der Waals surface area contributed by atoms with E-state index in [0.29, 0.717) is 5.69 Å². The quantitative estimate of drug-likeness (QED) is 0.567. The first kappa shape index (κ1) is 16.5. The Labute approximate surface area is 145 Å². The topological polar surface area (TPSA) is 55.4 Å². The van der Waals surface area contributed by atoms with E-state index in [-0.39, 0.29) is 12.5 Å². The Bertz CT molecular complexity index is 911. The minimum Gasteiger partial charge on any atom is -0.452 e. The lowest BCUT2D eigenvalue weighted by Gasteiger charge is -2.08. The molecule has 124 valence electrons. The molecule has 0 atom stereocenters. The van der Waals surface area contributed by atoms with E-state index in [0.717, 1.165) is 16.3 Å². The second-order valence-electron chi connectivity index (χ2n) is 5.43. The Kier molecular flexibility index (Phi) is 5.22. The molecule has 1 N–H and O–H groups in total. The van der Waals surface area contributed by atoms with Gasteiger partial charge in [-0.15, -0.1) is 0 Å². The van der Waals surface area contributed by atoms with E-state index in [2.05, 4.69) is 5.32 Å². The van der Waals surface area contributed by atoms with Crippen molar-refractivity contribution < 1.29 is 14.3 Å². The fraction of sp³-hybridized carbons (Fsp3) is 0.0476. The highest BCUT2D eigenvalue weighted by molar-refractivity contribution is 6.03. The molecule has 1 amide bonds. The summed E-state index contributed by atoms with van der Waals surface area (Å²) in [6, 6.07) is 22.8. The van der Waals surface area contributed by atoms with Gasteiger partial charge in [0.15, 0.2) is 6.61 Å². The minimum atomic E-state index is -0.558. The number of carbonyl (C=O) groups is 2. The van der Waals surface area contributed by atoms with Crippen LogP contribution in [0.25, 0.3) is 16.8 Å². The lowest BCUT2D eigenvalue weighted by molar-refractivity contribution is -0.142.